The van der Waals surface area contributed by atoms with Gasteiger partial charge in [-0.3, -0.25) is 4.79 Å². The average Bonchev–Trinajstić information content (AvgIpc) is 3.12. The Balaban J connectivity index is 0.00000320. The van der Waals surface area contributed by atoms with E-state index >= 15 is 0 Å². The van der Waals surface area contributed by atoms with Gasteiger partial charge in [-0.05, 0) is 36.5 Å². The molecule has 30 heavy (non-hydrogen) atoms. The molecule has 0 radical (unpaired) electrons. The van der Waals surface area contributed by atoms with Crippen molar-refractivity contribution in [2.45, 2.75) is 33.1 Å². The summed E-state index contributed by atoms with van der Waals surface area (Å²) in [6.07, 6.45) is 0.766. The molecule has 6 nitrogen and oxygen atoms in total. The molecule has 0 bridgehead atoms. The number of aryl methyl sites for hydroxylation is 1. The Hall–Kier alpha value is -2.70. The first kappa shape index (κ1) is 23.6. The van der Waals surface area contributed by atoms with Crippen LogP contribution < -0.4 is 5.73 Å². The second kappa shape index (κ2) is 10.9. The summed E-state index contributed by atoms with van der Waals surface area (Å²) < 4.78 is 1.76. The number of nitrogens with zero attached hydrogens (tertiary/aromatic N) is 4. The first-order valence-corrected chi connectivity index (χ1v) is 10.1. The molecule has 2 N–H and O–H groups in total. The van der Waals surface area contributed by atoms with Gasteiger partial charge in [0.1, 0.15) is 5.82 Å². The highest BCUT2D eigenvalue weighted by Crippen LogP contribution is 2.23. The second-order valence-electron chi connectivity index (χ2n) is 7.42. The lowest BCUT2D eigenvalue weighted by atomic mass is 10.0. The number of benzene rings is 2. The number of halogens is 1. The Morgan fingerprint density at radius 2 is 1.73 bits per heavy atom. The minimum atomic E-state index is -0.185. The maximum Gasteiger partial charge on any atom is 0.293 e. The van der Waals surface area contributed by atoms with E-state index < -0.39 is 0 Å². The van der Waals surface area contributed by atoms with Crippen molar-refractivity contribution in [3.8, 4) is 5.69 Å². The minimum absolute atomic E-state index is 0. The molecule has 0 unspecified atom stereocenters. The van der Waals surface area contributed by atoms with E-state index in [4.69, 9.17) is 5.73 Å². The molecule has 1 aromatic heterocycles. The number of nitrogens with two attached hydrogens (primary N) is 1. The maximum absolute atomic E-state index is 13.1. The van der Waals surface area contributed by atoms with Crippen LogP contribution in [-0.4, -0.2) is 45.2 Å². The van der Waals surface area contributed by atoms with Crippen LogP contribution in [0.4, 0.5) is 0 Å². The van der Waals surface area contributed by atoms with Crippen molar-refractivity contribution in [1.29, 1.82) is 0 Å². The zero-order chi connectivity index (χ0) is 20.8. The molecule has 0 fully saturated rings. The Morgan fingerprint density at radius 1 is 1.07 bits per heavy atom. The molecule has 1 amide bonds. The van der Waals surface area contributed by atoms with E-state index in [1.807, 2.05) is 43.3 Å². The first-order chi connectivity index (χ1) is 14.0. The quantitative estimate of drug-likeness (QED) is 0.593. The molecule has 0 saturated carbocycles. The van der Waals surface area contributed by atoms with Gasteiger partial charge in [-0.15, -0.1) is 17.5 Å². The Kier molecular flexibility index (Phi) is 8.57. The third-order valence-electron chi connectivity index (χ3n) is 4.95. The molecule has 3 aromatic rings. The summed E-state index contributed by atoms with van der Waals surface area (Å²) in [5.41, 5.74) is 9.07. The smallest absolute Gasteiger partial charge is 0.293 e. The SMILES string of the molecule is Cc1nc(C(=O)N(CCN)CCc2ccccc2)nn1-c1ccccc1C(C)C.Cl. The molecule has 160 valence electrons. The molecule has 0 aliphatic rings. The first-order valence-electron chi connectivity index (χ1n) is 10.1. The van der Waals surface area contributed by atoms with Gasteiger partial charge >= 0.3 is 0 Å². The van der Waals surface area contributed by atoms with Crippen LogP contribution in [0.25, 0.3) is 5.69 Å². The number of aromatic nitrogens is 3. The highest BCUT2D eigenvalue weighted by Gasteiger charge is 2.22. The molecule has 1 heterocycles. The van der Waals surface area contributed by atoms with Crippen molar-refractivity contribution < 1.29 is 4.79 Å². The fourth-order valence-corrected chi connectivity index (χ4v) is 3.40. The monoisotopic (exact) mass is 427 g/mol. The number of carbonyl (C=O) groups excluding carboxylic acids is 1. The third-order valence-corrected chi connectivity index (χ3v) is 4.95. The summed E-state index contributed by atoms with van der Waals surface area (Å²) in [7, 11) is 0. The normalized spacial score (nSPS) is 10.7. The predicted octanol–water partition coefficient (Wildman–Crippen LogP) is 3.76. The fraction of sp³-hybridized carbons (Fsp3) is 0.348. The maximum atomic E-state index is 13.1. The molecule has 0 aliphatic heterocycles. The van der Waals surface area contributed by atoms with Crippen molar-refractivity contribution >= 4 is 18.3 Å². The second-order valence-corrected chi connectivity index (χ2v) is 7.42. The average molecular weight is 428 g/mol. The minimum Gasteiger partial charge on any atom is -0.334 e. The number of carbonyl (C=O) groups is 1. The zero-order valence-electron chi connectivity index (χ0n) is 17.8. The van der Waals surface area contributed by atoms with Gasteiger partial charge in [0.2, 0.25) is 5.82 Å². The van der Waals surface area contributed by atoms with Gasteiger partial charge in [-0.1, -0.05) is 62.4 Å². The molecule has 0 spiro atoms. The number of hydrogen-bond donors (Lipinski definition) is 1. The standard InChI is InChI=1S/C23H29N5O.ClH/c1-17(2)20-11-7-8-12-21(20)28-18(3)25-22(26-28)23(29)27(16-14-24)15-13-19-9-5-4-6-10-19;/h4-12,17H,13-16,24H2,1-3H3;1H. The lowest BCUT2D eigenvalue weighted by Crippen LogP contribution is -2.37. The van der Waals surface area contributed by atoms with E-state index in [1.165, 1.54) is 11.1 Å². The third kappa shape index (κ3) is 5.46. The van der Waals surface area contributed by atoms with Crippen molar-refractivity contribution in [2.24, 2.45) is 5.73 Å². The van der Waals surface area contributed by atoms with E-state index in [-0.39, 0.29) is 24.1 Å². The zero-order valence-corrected chi connectivity index (χ0v) is 18.6. The summed E-state index contributed by atoms with van der Waals surface area (Å²) in [4.78, 5) is 19.3. The number of amides is 1. The van der Waals surface area contributed by atoms with E-state index in [0.717, 1.165) is 12.1 Å². The largest absolute Gasteiger partial charge is 0.334 e. The summed E-state index contributed by atoms with van der Waals surface area (Å²) >= 11 is 0. The highest BCUT2D eigenvalue weighted by atomic mass is 35.5. The lowest BCUT2D eigenvalue weighted by Gasteiger charge is -2.20. The predicted molar refractivity (Wildman–Crippen MR) is 123 cm³/mol. The summed E-state index contributed by atoms with van der Waals surface area (Å²) in [6, 6.07) is 18.2. The van der Waals surface area contributed by atoms with Gasteiger partial charge in [0.15, 0.2) is 0 Å². The van der Waals surface area contributed by atoms with Crippen LogP contribution in [0.15, 0.2) is 54.6 Å². The van der Waals surface area contributed by atoms with Crippen LogP contribution in [0.5, 0.6) is 0 Å². The van der Waals surface area contributed by atoms with Crippen LogP contribution in [0.3, 0.4) is 0 Å². The van der Waals surface area contributed by atoms with Crippen molar-refractivity contribution in [3.63, 3.8) is 0 Å². The van der Waals surface area contributed by atoms with E-state index in [1.54, 1.807) is 9.58 Å². The van der Waals surface area contributed by atoms with Crippen LogP contribution >= 0.6 is 12.4 Å². The molecule has 2 aromatic carbocycles. The Labute approximate surface area is 184 Å². The molecular weight excluding hydrogens is 398 g/mol. The van der Waals surface area contributed by atoms with Gasteiger partial charge in [-0.25, -0.2) is 9.67 Å². The Bertz CT molecular complexity index is 955. The van der Waals surface area contributed by atoms with Gasteiger partial charge in [0, 0.05) is 19.6 Å². The summed E-state index contributed by atoms with van der Waals surface area (Å²) in [5, 5.41) is 4.55. The van der Waals surface area contributed by atoms with Gasteiger partial charge in [0.05, 0.1) is 5.69 Å². The topological polar surface area (TPSA) is 77.0 Å². The molecule has 3 rings (SSSR count). The Morgan fingerprint density at radius 3 is 2.40 bits per heavy atom. The number of para-hydroxylation sites is 1. The van der Waals surface area contributed by atoms with E-state index in [0.29, 0.717) is 31.4 Å². The van der Waals surface area contributed by atoms with Gasteiger partial charge in [-0.2, -0.15) is 0 Å². The van der Waals surface area contributed by atoms with Crippen molar-refractivity contribution in [1.82, 2.24) is 19.7 Å². The van der Waals surface area contributed by atoms with Crippen molar-refractivity contribution in [3.05, 3.63) is 77.4 Å². The van der Waals surface area contributed by atoms with Gasteiger partial charge < -0.3 is 10.6 Å². The summed E-state index contributed by atoms with van der Waals surface area (Å²) in [5.74, 6) is 1.06. The molecule has 0 saturated heterocycles. The van der Waals surface area contributed by atoms with E-state index in [9.17, 15) is 4.79 Å². The fourth-order valence-electron chi connectivity index (χ4n) is 3.40. The number of rotatable bonds is 8. The van der Waals surface area contributed by atoms with Crippen molar-refractivity contribution in [2.75, 3.05) is 19.6 Å². The summed E-state index contributed by atoms with van der Waals surface area (Å²) in [6.45, 7) is 7.61. The van der Waals surface area contributed by atoms with Crippen LogP contribution in [0, 0.1) is 6.92 Å². The molecule has 7 heteroatoms. The molecule has 0 atom stereocenters. The van der Waals surface area contributed by atoms with Crippen LogP contribution in [0.1, 0.15) is 47.3 Å². The molecule has 0 aliphatic carbocycles. The van der Waals surface area contributed by atoms with Gasteiger partial charge in [0.25, 0.3) is 5.91 Å². The molecular formula is C23H30ClN5O. The highest BCUT2D eigenvalue weighted by molar-refractivity contribution is 5.90. The lowest BCUT2D eigenvalue weighted by molar-refractivity contribution is 0.0750. The van der Waals surface area contributed by atoms with Crippen LogP contribution in [0.2, 0.25) is 0 Å². The number of hydrogen-bond acceptors (Lipinski definition) is 4. The van der Waals surface area contributed by atoms with E-state index in [2.05, 4.69) is 42.1 Å². The van der Waals surface area contributed by atoms with Crippen LogP contribution in [-0.2, 0) is 6.42 Å².